The van der Waals surface area contributed by atoms with E-state index in [-0.39, 0.29) is 77.0 Å². The van der Waals surface area contributed by atoms with E-state index >= 15 is 0 Å². The number of alkyl halides is 2. The van der Waals surface area contributed by atoms with Gasteiger partial charge in [0.05, 0.1) is 0 Å². The van der Waals surface area contributed by atoms with Gasteiger partial charge in [-0.05, 0) is 6.32 Å². The Kier molecular flexibility index (Phi) is 1120. The van der Waals surface area contributed by atoms with E-state index in [1.54, 1.807) is 13.8 Å². The Morgan fingerprint density at radius 2 is 0.621 bits per heavy atom. The largest absolute Gasteiger partial charge is 0.451 e. The summed E-state index contributed by atoms with van der Waals surface area (Å²) in [5.41, 5.74) is 0. The third kappa shape index (κ3) is 1040. The van der Waals surface area contributed by atoms with Crippen LogP contribution in [0.2, 0.25) is 6.32 Å². The zero-order valence-corrected chi connectivity index (χ0v) is 31.8. The van der Waals surface area contributed by atoms with Gasteiger partial charge in [-0.2, -0.15) is 6.92 Å². The minimum absolute atomic E-state index is 0. The average Bonchev–Trinajstić information content (AvgIpc) is 2.74. The van der Waals surface area contributed by atoms with Crippen molar-refractivity contribution < 1.29 is 87.1 Å². The van der Waals surface area contributed by atoms with Gasteiger partial charge in [0, 0.05) is 89.8 Å². The predicted octanol–water partition coefficient (Wildman–Crippen LogP) is 8.96. The van der Waals surface area contributed by atoms with E-state index in [9.17, 15) is 0 Å². The van der Waals surface area contributed by atoms with E-state index < -0.39 is 7.12 Å². The molecule has 0 aromatic carbocycles. The van der Waals surface area contributed by atoms with Gasteiger partial charge in [0.15, 0.2) is 0 Å². The summed E-state index contributed by atoms with van der Waals surface area (Å²) >= 11 is 9.28. The van der Waals surface area contributed by atoms with Crippen LogP contribution in [-0.2, 0) is 77.0 Å². The molecule has 0 saturated carbocycles. The van der Waals surface area contributed by atoms with Gasteiger partial charge in [-0.3, -0.25) is 0 Å². The average molecular weight is 686 g/mol. The summed E-state index contributed by atoms with van der Waals surface area (Å²) < 4.78 is 0. The predicted molar refractivity (Wildman–Crippen MR) is 133 cm³/mol. The second-order valence-electron chi connectivity index (χ2n) is 2.30. The van der Waals surface area contributed by atoms with Crippen molar-refractivity contribution in [2.24, 2.45) is 0 Å². The molecule has 2 nitrogen and oxygen atoms in total. The van der Waals surface area contributed by atoms with Crippen molar-refractivity contribution in [1.82, 2.24) is 0 Å². The monoisotopic (exact) mass is 683 g/mol. The van der Waals surface area contributed by atoms with Crippen LogP contribution in [0.25, 0.3) is 0 Å². The first-order valence-corrected chi connectivity index (χ1v) is 11.4. The standard InChI is InChI=1S/2C3H8.C2H7BO2.4C2H6.C2H5.2CH3Cl.Pd.2V.Zn/c2*1-3-2;1-2-3(4)5;7*1-2;;;;/h2*3H2,1-2H3;4-5H,2H2,1H3;4*1-2H3;1H2,2H3;2*1H3;;;;/q;;;;;;;-1;;;;;;. The molecule has 0 bridgehead atoms. The molecule has 0 fully saturated rings. The van der Waals surface area contributed by atoms with Crippen LogP contribution in [0.1, 0.15) is 110 Å². The summed E-state index contributed by atoms with van der Waals surface area (Å²) in [7, 11) is -1.12. The van der Waals surface area contributed by atoms with Crippen LogP contribution in [-0.4, -0.2) is 29.9 Å². The fraction of sp³-hybridized carbons (Fsp3) is 0.950. The van der Waals surface area contributed by atoms with Crippen LogP contribution in [0, 0.1) is 6.92 Å². The van der Waals surface area contributed by atoms with Gasteiger partial charge in [-0.1, -0.05) is 103 Å². The molecule has 0 aliphatic carbocycles. The molecule has 0 aromatic rings. The zero-order valence-electron chi connectivity index (χ0n) is 23.0. The second kappa shape index (κ2) is 344. The molecule has 0 heterocycles. The molecule has 0 aliphatic rings. The summed E-state index contributed by atoms with van der Waals surface area (Å²) in [5.74, 6) is 0. The van der Waals surface area contributed by atoms with Gasteiger partial charge in [-0.25, -0.2) is 0 Å². The maximum atomic E-state index is 7.92. The minimum Gasteiger partial charge on any atom is -0.427 e. The topological polar surface area (TPSA) is 40.5 Å². The molecule has 29 heavy (non-hydrogen) atoms. The van der Waals surface area contributed by atoms with Crippen LogP contribution in [0.4, 0.5) is 0 Å². The van der Waals surface area contributed by atoms with Crippen LogP contribution in [0.3, 0.4) is 0 Å². The first-order chi connectivity index (χ1) is 12.1. The smallest absolute Gasteiger partial charge is 0.427 e. The van der Waals surface area contributed by atoms with Gasteiger partial charge in [0.1, 0.15) is 0 Å². The molecule has 0 rings (SSSR count). The van der Waals surface area contributed by atoms with E-state index in [1.807, 2.05) is 55.4 Å². The molecular weight excluding hydrogens is 628 g/mol. The van der Waals surface area contributed by atoms with Crippen molar-refractivity contribution in [1.29, 1.82) is 0 Å². The molecule has 0 spiro atoms. The summed E-state index contributed by atoms with van der Waals surface area (Å²) in [5, 5.41) is 15.8. The van der Waals surface area contributed by atoms with Crippen molar-refractivity contribution in [3.05, 3.63) is 6.92 Å². The molecule has 0 saturated heterocycles. The quantitative estimate of drug-likeness (QED) is 0.164. The molecule has 0 unspecified atom stereocenters. The maximum absolute atomic E-state index is 7.92. The molecule has 0 aliphatic heterocycles. The third-order valence-corrected chi connectivity index (χ3v) is 0.365. The van der Waals surface area contributed by atoms with Crippen LogP contribution in [0.5, 0.6) is 0 Å². The molecule has 9 heteroatoms. The van der Waals surface area contributed by atoms with E-state index in [0.29, 0.717) is 6.32 Å². The Morgan fingerprint density at radius 3 is 0.621 bits per heavy atom. The van der Waals surface area contributed by atoms with Crippen molar-refractivity contribution >= 4 is 30.3 Å². The van der Waals surface area contributed by atoms with Gasteiger partial charge >= 0.3 is 7.12 Å². The molecule has 2 N–H and O–H groups in total. The second-order valence-corrected chi connectivity index (χ2v) is 2.30. The van der Waals surface area contributed by atoms with Crippen molar-refractivity contribution in [3.63, 3.8) is 0 Å². The Balaban J connectivity index is -0.00000000725. The fourth-order valence-corrected chi connectivity index (χ4v) is 0. The number of hydrogen-bond donors (Lipinski definition) is 2. The van der Waals surface area contributed by atoms with E-state index in [2.05, 4.69) is 57.8 Å². The van der Waals surface area contributed by atoms with Crippen molar-refractivity contribution in [2.75, 3.05) is 12.8 Å². The molecular formula is C20H58BCl2O2PdV2Zn-. The summed E-state index contributed by atoms with van der Waals surface area (Å²) in [6, 6.07) is 0. The molecule has 0 atom stereocenters. The fourth-order valence-electron chi connectivity index (χ4n) is 0. The van der Waals surface area contributed by atoms with Crippen molar-refractivity contribution in [3.8, 4) is 0 Å². The van der Waals surface area contributed by atoms with E-state index in [4.69, 9.17) is 10.0 Å². The Labute approximate surface area is 250 Å². The van der Waals surface area contributed by atoms with Crippen LogP contribution in [0.15, 0.2) is 0 Å². The van der Waals surface area contributed by atoms with Crippen LogP contribution < -0.4 is 0 Å². The zero-order chi connectivity index (χ0) is 23.7. The molecule has 0 aromatic heterocycles. The number of rotatable bonds is 1. The van der Waals surface area contributed by atoms with Gasteiger partial charge in [0.25, 0.3) is 0 Å². The summed E-state index contributed by atoms with van der Waals surface area (Å²) in [6.45, 7) is 31.2. The Morgan fingerprint density at radius 1 is 0.586 bits per heavy atom. The normalized spacial score (nSPS) is 4.03. The van der Waals surface area contributed by atoms with Gasteiger partial charge in [0.2, 0.25) is 0 Å². The van der Waals surface area contributed by atoms with E-state index in [1.165, 1.54) is 25.6 Å². The SMILES string of the molecule is CC.CC.CC.CC.CCB(O)O.CCC.CCC.CCl.CCl.[CH2-]C.[Pd].[V].[V].[Zn]. The number of hydrogen-bond acceptors (Lipinski definition) is 2. The summed E-state index contributed by atoms with van der Waals surface area (Å²) in [6.07, 6.45) is 5.86. The molecule has 2 radical (unpaired) electrons. The summed E-state index contributed by atoms with van der Waals surface area (Å²) in [4.78, 5) is 0. The first-order valence-electron chi connectivity index (χ1n) is 9.92. The van der Waals surface area contributed by atoms with Gasteiger partial charge in [-0.15, -0.1) is 23.2 Å². The third-order valence-electron chi connectivity index (χ3n) is 0.365. The van der Waals surface area contributed by atoms with Crippen LogP contribution >= 0.6 is 23.2 Å². The minimum atomic E-state index is -1.12. The number of halogens is 2. The Hall–Kier alpha value is 3.02. The maximum Gasteiger partial charge on any atom is 0.451 e. The van der Waals surface area contributed by atoms with Gasteiger partial charge < -0.3 is 17.0 Å². The molecule has 190 valence electrons. The Bertz CT molecular complexity index is 75.5. The van der Waals surface area contributed by atoms with Crippen molar-refractivity contribution in [2.45, 2.75) is 116 Å². The van der Waals surface area contributed by atoms with E-state index in [0.717, 1.165) is 0 Å². The first kappa shape index (κ1) is 94.9. The molecule has 0 amide bonds.